The van der Waals surface area contributed by atoms with Crippen molar-refractivity contribution in [2.75, 3.05) is 19.8 Å². The number of aryl methyl sites for hydroxylation is 1. The Balaban J connectivity index is 1.43. The van der Waals surface area contributed by atoms with Gasteiger partial charge in [-0.1, -0.05) is 37.6 Å². The van der Waals surface area contributed by atoms with Gasteiger partial charge in [0.1, 0.15) is 0 Å². The van der Waals surface area contributed by atoms with Gasteiger partial charge in [0, 0.05) is 23.7 Å². The quantitative estimate of drug-likeness (QED) is 0.325. The normalized spacial score (nSPS) is 24.7. The highest BCUT2D eigenvalue weighted by Gasteiger charge is 2.28. The maximum atomic E-state index is 15.1. The molecule has 2 fully saturated rings. The second-order valence-corrected chi connectivity index (χ2v) is 9.95. The minimum absolute atomic E-state index is 0.159. The van der Waals surface area contributed by atoms with Crippen LogP contribution in [0.1, 0.15) is 75.8 Å². The molecule has 4 unspecified atom stereocenters. The Morgan fingerprint density at radius 2 is 1.53 bits per heavy atom. The van der Waals surface area contributed by atoms with Crippen molar-refractivity contribution in [1.82, 2.24) is 0 Å². The van der Waals surface area contributed by atoms with E-state index in [9.17, 15) is 4.39 Å². The summed E-state index contributed by atoms with van der Waals surface area (Å²) in [6.45, 7) is 5.44. The molecule has 2 aromatic rings. The van der Waals surface area contributed by atoms with Gasteiger partial charge in [-0.05, 0) is 68.9 Å². The fourth-order valence-electron chi connectivity index (χ4n) is 5.37. The number of hydrogen-bond donors (Lipinski definition) is 0. The second-order valence-electron chi connectivity index (χ2n) is 9.95. The Kier molecular flexibility index (Phi) is 9.42. The van der Waals surface area contributed by atoms with Crippen LogP contribution in [0.15, 0.2) is 24.3 Å². The number of hydrogen-bond acceptors (Lipinski definition) is 3. The average molecular weight is 509 g/mol. The Morgan fingerprint density at radius 1 is 0.778 bits per heavy atom. The van der Waals surface area contributed by atoms with Crippen LogP contribution in [0.5, 0.6) is 0 Å². The maximum absolute atomic E-state index is 15.1. The summed E-state index contributed by atoms with van der Waals surface area (Å²) in [6, 6.07) is 5.63. The SMILES string of the molecule is CCCC1CCC(c2ccc(-c3ccc(CCC4CCC(OCC)OC4)c(F)c3F)c(F)c2F)CO1. The highest BCUT2D eigenvalue weighted by Crippen LogP contribution is 2.36. The molecule has 4 atom stereocenters. The topological polar surface area (TPSA) is 27.7 Å². The summed E-state index contributed by atoms with van der Waals surface area (Å²) in [7, 11) is 0. The van der Waals surface area contributed by atoms with E-state index < -0.39 is 23.3 Å². The average Bonchev–Trinajstić information content (AvgIpc) is 2.89. The molecule has 0 bridgehead atoms. The van der Waals surface area contributed by atoms with Crippen molar-refractivity contribution in [3.8, 4) is 11.1 Å². The van der Waals surface area contributed by atoms with Gasteiger partial charge in [0.05, 0.1) is 19.3 Å². The van der Waals surface area contributed by atoms with E-state index in [-0.39, 0.29) is 46.5 Å². The molecule has 0 N–H and O–H groups in total. The lowest BCUT2D eigenvalue weighted by molar-refractivity contribution is -0.173. The molecule has 36 heavy (non-hydrogen) atoms. The predicted octanol–water partition coefficient (Wildman–Crippen LogP) is 7.69. The molecular weight excluding hydrogens is 472 g/mol. The van der Waals surface area contributed by atoms with E-state index in [1.165, 1.54) is 24.3 Å². The van der Waals surface area contributed by atoms with Crippen LogP contribution < -0.4 is 0 Å². The Morgan fingerprint density at radius 3 is 2.17 bits per heavy atom. The van der Waals surface area contributed by atoms with E-state index in [0.29, 0.717) is 39.1 Å². The minimum atomic E-state index is -1.16. The third kappa shape index (κ3) is 6.12. The molecule has 7 heteroatoms. The smallest absolute Gasteiger partial charge is 0.167 e. The molecule has 2 aliphatic rings. The predicted molar refractivity (Wildman–Crippen MR) is 131 cm³/mol. The van der Waals surface area contributed by atoms with Gasteiger partial charge in [-0.2, -0.15) is 0 Å². The minimum Gasteiger partial charge on any atom is -0.378 e. The highest BCUT2D eigenvalue weighted by molar-refractivity contribution is 5.66. The first-order valence-electron chi connectivity index (χ1n) is 13.2. The molecule has 0 spiro atoms. The van der Waals surface area contributed by atoms with E-state index in [1.54, 1.807) is 0 Å². The Hall–Kier alpha value is -1.96. The lowest BCUT2D eigenvalue weighted by atomic mass is 9.88. The summed E-state index contributed by atoms with van der Waals surface area (Å²) in [5.74, 6) is -4.35. The van der Waals surface area contributed by atoms with Crippen LogP contribution in [0.4, 0.5) is 17.6 Å². The van der Waals surface area contributed by atoms with Crippen LogP contribution in [0, 0.1) is 29.2 Å². The molecule has 2 aliphatic heterocycles. The zero-order chi connectivity index (χ0) is 25.7. The lowest BCUT2D eigenvalue weighted by Gasteiger charge is -2.29. The molecule has 198 valence electrons. The van der Waals surface area contributed by atoms with E-state index in [2.05, 4.69) is 6.92 Å². The zero-order valence-corrected chi connectivity index (χ0v) is 21.1. The number of ether oxygens (including phenoxy) is 3. The molecule has 4 rings (SSSR count). The van der Waals surface area contributed by atoms with E-state index >= 15 is 13.2 Å². The Bertz CT molecular complexity index is 1010. The maximum Gasteiger partial charge on any atom is 0.167 e. The molecule has 0 aliphatic carbocycles. The molecule has 2 heterocycles. The van der Waals surface area contributed by atoms with Gasteiger partial charge in [-0.15, -0.1) is 0 Å². The third-order valence-electron chi connectivity index (χ3n) is 7.49. The largest absolute Gasteiger partial charge is 0.378 e. The van der Waals surface area contributed by atoms with Gasteiger partial charge in [-0.3, -0.25) is 0 Å². The zero-order valence-electron chi connectivity index (χ0n) is 21.1. The molecule has 0 saturated carbocycles. The Labute approximate surface area is 211 Å². The van der Waals surface area contributed by atoms with Crippen LogP contribution in [-0.2, 0) is 20.6 Å². The second kappa shape index (κ2) is 12.5. The molecule has 2 aromatic carbocycles. The van der Waals surface area contributed by atoms with Gasteiger partial charge in [-0.25, -0.2) is 17.6 Å². The van der Waals surface area contributed by atoms with Crippen LogP contribution in [0.25, 0.3) is 11.1 Å². The van der Waals surface area contributed by atoms with Gasteiger partial charge < -0.3 is 14.2 Å². The number of halogens is 4. The summed E-state index contributed by atoms with van der Waals surface area (Å²) in [5, 5.41) is 0. The van der Waals surface area contributed by atoms with Crippen LogP contribution in [0.2, 0.25) is 0 Å². The first-order valence-corrected chi connectivity index (χ1v) is 13.2. The lowest BCUT2D eigenvalue weighted by Crippen LogP contribution is -2.28. The summed E-state index contributed by atoms with van der Waals surface area (Å²) < 4.78 is 76.9. The van der Waals surface area contributed by atoms with Crippen LogP contribution in [-0.4, -0.2) is 32.2 Å². The van der Waals surface area contributed by atoms with Gasteiger partial charge in [0.15, 0.2) is 29.6 Å². The van der Waals surface area contributed by atoms with E-state index in [4.69, 9.17) is 14.2 Å². The van der Waals surface area contributed by atoms with Crippen molar-refractivity contribution in [3.05, 3.63) is 58.7 Å². The molecule has 0 aromatic heterocycles. The van der Waals surface area contributed by atoms with Gasteiger partial charge in [0.2, 0.25) is 0 Å². The summed E-state index contributed by atoms with van der Waals surface area (Å²) in [5.41, 5.74) is -0.100. The van der Waals surface area contributed by atoms with Crippen molar-refractivity contribution < 1.29 is 31.8 Å². The van der Waals surface area contributed by atoms with Crippen molar-refractivity contribution in [2.45, 2.75) is 83.5 Å². The standard InChI is InChI=1S/C29H36F4O3/c1-3-5-21-11-9-20(17-35-21)22-13-14-24(29(33)27(22)31)23-12-10-19(26(30)28(23)32)8-6-18-7-15-25(34-4-2)36-16-18/h10,12-14,18,20-21,25H,3-9,11,15-17H2,1-2H3. The molecule has 0 radical (unpaired) electrons. The fourth-order valence-corrected chi connectivity index (χ4v) is 5.37. The summed E-state index contributed by atoms with van der Waals surface area (Å²) in [6.07, 6.45) is 6.10. The highest BCUT2D eigenvalue weighted by atomic mass is 19.2. The fraction of sp³-hybridized carbons (Fsp3) is 0.586. The van der Waals surface area contributed by atoms with Crippen LogP contribution >= 0.6 is 0 Å². The molecule has 2 saturated heterocycles. The van der Waals surface area contributed by atoms with Crippen LogP contribution in [0.3, 0.4) is 0 Å². The molecule has 0 amide bonds. The molecular formula is C29H36F4O3. The van der Waals surface area contributed by atoms with Crippen molar-refractivity contribution in [1.29, 1.82) is 0 Å². The van der Waals surface area contributed by atoms with Crippen molar-refractivity contribution >= 4 is 0 Å². The number of benzene rings is 2. The third-order valence-corrected chi connectivity index (χ3v) is 7.49. The van der Waals surface area contributed by atoms with Gasteiger partial charge in [0.25, 0.3) is 0 Å². The summed E-state index contributed by atoms with van der Waals surface area (Å²) in [4.78, 5) is 0. The van der Waals surface area contributed by atoms with Crippen molar-refractivity contribution in [2.24, 2.45) is 5.92 Å². The van der Waals surface area contributed by atoms with Gasteiger partial charge >= 0.3 is 0 Å². The first-order chi connectivity index (χ1) is 17.4. The van der Waals surface area contributed by atoms with E-state index in [1.807, 2.05) is 6.92 Å². The van der Waals surface area contributed by atoms with Crippen molar-refractivity contribution in [3.63, 3.8) is 0 Å². The first kappa shape index (κ1) is 27.1. The van der Waals surface area contributed by atoms with E-state index in [0.717, 1.165) is 32.1 Å². The summed E-state index contributed by atoms with van der Waals surface area (Å²) >= 11 is 0. The number of rotatable bonds is 9. The monoisotopic (exact) mass is 508 g/mol. The molecule has 3 nitrogen and oxygen atoms in total.